The molecule has 0 spiro atoms. The third-order valence-corrected chi connectivity index (χ3v) is 4.13. The van der Waals surface area contributed by atoms with Crippen LogP contribution in [-0.4, -0.2) is 30.5 Å². The first kappa shape index (κ1) is 13.4. The van der Waals surface area contributed by atoms with Gasteiger partial charge in [0.2, 0.25) is 5.91 Å². The minimum atomic E-state index is -0.248. The van der Waals surface area contributed by atoms with E-state index in [-0.39, 0.29) is 5.82 Å². The van der Waals surface area contributed by atoms with Crippen molar-refractivity contribution in [2.45, 2.75) is 25.7 Å². The highest BCUT2D eigenvalue weighted by atomic mass is 19.1. The topological polar surface area (TPSA) is 29.5 Å². The fraction of sp³-hybridized carbons (Fsp3) is 0.562. The van der Waals surface area contributed by atoms with Crippen molar-refractivity contribution < 1.29 is 13.9 Å². The molecule has 1 saturated carbocycles. The van der Waals surface area contributed by atoms with E-state index < -0.39 is 0 Å². The summed E-state index contributed by atoms with van der Waals surface area (Å²) in [6.45, 7) is 2.40. The lowest BCUT2D eigenvalue weighted by atomic mass is 10.1. The molecule has 2 aliphatic rings. The largest absolute Gasteiger partial charge is 0.494 e. The van der Waals surface area contributed by atoms with Crippen molar-refractivity contribution in [3.8, 4) is 5.75 Å². The van der Waals surface area contributed by atoms with Gasteiger partial charge in [0, 0.05) is 19.0 Å². The van der Waals surface area contributed by atoms with E-state index in [0.717, 1.165) is 38.8 Å². The van der Waals surface area contributed by atoms with Crippen molar-refractivity contribution in [1.29, 1.82) is 0 Å². The summed E-state index contributed by atoms with van der Waals surface area (Å²) in [5, 5.41) is 0. The molecule has 2 fully saturated rings. The van der Waals surface area contributed by atoms with Crippen LogP contribution in [0.4, 0.5) is 4.39 Å². The Morgan fingerprint density at radius 3 is 2.70 bits per heavy atom. The van der Waals surface area contributed by atoms with Crippen LogP contribution in [0.1, 0.15) is 25.7 Å². The predicted octanol–water partition coefficient (Wildman–Crippen LogP) is 2.85. The van der Waals surface area contributed by atoms with E-state index in [0.29, 0.717) is 30.1 Å². The molecular weight excluding hydrogens is 257 g/mol. The molecule has 0 bridgehead atoms. The zero-order valence-corrected chi connectivity index (χ0v) is 11.6. The number of amides is 1. The molecule has 1 aromatic rings. The lowest BCUT2D eigenvalue weighted by Crippen LogP contribution is -2.30. The third-order valence-electron chi connectivity index (χ3n) is 4.13. The third kappa shape index (κ3) is 3.30. The summed E-state index contributed by atoms with van der Waals surface area (Å²) in [6, 6.07) is 6.10. The molecule has 1 heterocycles. The predicted molar refractivity (Wildman–Crippen MR) is 73.9 cm³/mol. The highest BCUT2D eigenvalue weighted by Gasteiger charge is 2.36. The van der Waals surface area contributed by atoms with Crippen molar-refractivity contribution in [2.24, 2.45) is 11.8 Å². The van der Waals surface area contributed by atoms with Crippen LogP contribution in [0.3, 0.4) is 0 Å². The molecule has 1 aliphatic carbocycles. The summed E-state index contributed by atoms with van der Waals surface area (Å²) in [6.07, 6.45) is 4.18. The van der Waals surface area contributed by atoms with Gasteiger partial charge in [-0.05, 0) is 55.9 Å². The average Bonchev–Trinajstić information content (AvgIpc) is 3.20. The fourth-order valence-corrected chi connectivity index (χ4v) is 2.73. The molecule has 3 nitrogen and oxygen atoms in total. The summed E-state index contributed by atoms with van der Waals surface area (Å²) >= 11 is 0. The van der Waals surface area contributed by atoms with E-state index in [1.807, 2.05) is 4.90 Å². The normalized spacial score (nSPS) is 22.1. The van der Waals surface area contributed by atoms with Gasteiger partial charge in [0.15, 0.2) is 0 Å². The number of likely N-dealkylation sites (tertiary alicyclic amines) is 1. The first-order chi connectivity index (χ1) is 9.72. The quantitative estimate of drug-likeness (QED) is 0.828. The van der Waals surface area contributed by atoms with Crippen LogP contribution in [0, 0.1) is 17.7 Å². The number of carbonyl (C=O) groups is 1. The summed E-state index contributed by atoms with van der Waals surface area (Å²) in [4.78, 5) is 14.0. The lowest BCUT2D eigenvalue weighted by Gasteiger charge is -2.16. The number of nitrogens with zero attached hydrogens (tertiary/aromatic N) is 1. The molecule has 3 rings (SSSR count). The monoisotopic (exact) mass is 277 g/mol. The van der Waals surface area contributed by atoms with Gasteiger partial charge in [0.25, 0.3) is 0 Å². The van der Waals surface area contributed by atoms with E-state index in [9.17, 15) is 9.18 Å². The Morgan fingerprint density at radius 2 is 2.00 bits per heavy atom. The zero-order valence-electron chi connectivity index (χ0n) is 11.6. The Morgan fingerprint density at radius 1 is 1.25 bits per heavy atom. The molecule has 4 heteroatoms. The number of halogens is 1. The lowest BCUT2D eigenvalue weighted by molar-refractivity contribution is -0.131. The zero-order chi connectivity index (χ0) is 13.9. The van der Waals surface area contributed by atoms with Gasteiger partial charge in [-0.3, -0.25) is 4.79 Å². The molecule has 1 atom stereocenters. The molecule has 0 radical (unpaired) electrons. The smallest absolute Gasteiger partial charge is 0.225 e. The minimum Gasteiger partial charge on any atom is -0.494 e. The molecule has 1 aromatic carbocycles. The van der Waals surface area contributed by atoms with E-state index in [1.54, 1.807) is 12.1 Å². The second-order valence-corrected chi connectivity index (χ2v) is 5.80. The van der Waals surface area contributed by atoms with Gasteiger partial charge in [-0.25, -0.2) is 4.39 Å². The van der Waals surface area contributed by atoms with Crippen LogP contribution < -0.4 is 4.74 Å². The Balaban J connectivity index is 1.39. The number of benzene rings is 1. The van der Waals surface area contributed by atoms with Crippen molar-refractivity contribution in [2.75, 3.05) is 19.7 Å². The molecule has 1 saturated heterocycles. The highest BCUT2D eigenvalue weighted by Crippen LogP contribution is 2.33. The van der Waals surface area contributed by atoms with Gasteiger partial charge in [-0.2, -0.15) is 0 Å². The molecule has 1 amide bonds. The van der Waals surface area contributed by atoms with Gasteiger partial charge < -0.3 is 9.64 Å². The molecule has 20 heavy (non-hydrogen) atoms. The number of carbonyl (C=O) groups excluding carboxylic acids is 1. The van der Waals surface area contributed by atoms with Crippen molar-refractivity contribution >= 4 is 5.91 Å². The van der Waals surface area contributed by atoms with Crippen LogP contribution in [0.15, 0.2) is 24.3 Å². The maximum atomic E-state index is 12.8. The van der Waals surface area contributed by atoms with Crippen molar-refractivity contribution in [1.82, 2.24) is 4.90 Å². The molecule has 1 aliphatic heterocycles. The van der Waals surface area contributed by atoms with Gasteiger partial charge >= 0.3 is 0 Å². The number of ether oxygens (including phenoxy) is 1. The maximum Gasteiger partial charge on any atom is 0.225 e. The Labute approximate surface area is 118 Å². The van der Waals surface area contributed by atoms with Gasteiger partial charge in [-0.1, -0.05) is 0 Å². The Kier molecular flexibility index (Phi) is 3.90. The number of rotatable bonds is 5. The second kappa shape index (κ2) is 5.81. The van der Waals surface area contributed by atoms with E-state index >= 15 is 0 Å². The van der Waals surface area contributed by atoms with Crippen LogP contribution in [-0.2, 0) is 4.79 Å². The van der Waals surface area contributed by atoms with E-state index in [2.05, 4.69) is 0 Å². The van der Waals surface area contributed by atoms with Crippen LogP contribution in [0.2, 0.25) is 0 Å². The number of hydrogen-bond acceptors (Lipinski definition) is 2. The molecule has 108 valence electrons. The highest BCUT2D eigenvalue weighted by molar-refractivity contribution is 5.81. The van der Waals surface area contributed by atoms with Crippen LogP contribution >= 0.6 is 0 Å². The molecular formula is C16H20FNO2. The van der Waals surface area contributed by atoms with Crippen molar-refractivity contribution in [3.63, 3.8) is 0 Å². The first-order valence-electron chi connectivity index (χ1n) is 7.39. The Bertz CT molecular complexity index is 470. The standard InChI is InChI=1S/C16H20FNO2/c17-14-3-5-15(6-4-14)20-10-8-12-7-9-18(11-12)16(19)13-1-2-13/h3-6,12-13H,1-2,7-11H2. The van der Waals surface area contributed by atoms with E-state index in [1.165, 1.54) is 12.1 Å². The Hall–Kier alpha value is -1.58. The van der Waals surface area contributed by atoms with Gasteiger partial charge in [0.05, 0.1) is 6.61 Å². The summed E-state index contributed by atoms with van der Waals surface area (Å²) in [5.41, 5.74) is 0. The van der Waals surface area contributed by atoms with E-state index in [4.69, 9.17) is 4.74 Å². The SMILES string of the molecule is O=C(C1CC1)N1CCC(CCOc2ccc(F)cc2)C1. The maximum absolute atomic E-state index is 12.8. The molecule has 0 aromatic heterocycles. The summed E-state index contributed by atoms with van der Waals surface area (Å²) in [5.74, 6) is 1.67. The number of hydrogen-bond donors (Lipinski definition) is 0. The van der Waals surface area contributed by atoms with Gasteiger partial charge in [-0.15, -0.1) is 0 Å². The fourth-order valence-electron chi connectivity index (χ4n) is 2.73. The average molecular weight is 277 g/mol. The van der Waals surface area contributed by atoms with Crippen LogP contribution in [0.25, 0.3) is 0 Å². The first-order valence-corrected chi connectivity index (χ1v) is 7.39. The van der Waals surface area contributed by atoms with Crippen LogP contribution in [0.5, 0.6) is 5.75 Å². The minimum absolute atomic E-state index is 0.248. The molecule has 1 unspecified atom stereocenters. The molecule has 0 N–H and O–H groups in total. The summed E-state index contributed by atoms with van der Waals surface area (Å²) in [7, 11) is 0. The second-order valence-electron chi connectivity index (χ2n) is 5.80. The summed E-state index contributed by atoms with van der Waals surface area (Å²) < 4.78 is 18.4. The van der Waals surface area contributed by atoms with Crippen molar-refractivity contribution in [3.05, 3.63) is 30.1 Å². The van der Waals surface area contributed by atoms with Gasteiger partial charge in [0.1, 0.15) is 11.6 Å².